The minimum atomic E-state index is -0.104. The zero-order valence-electron chi connectivity index (χ0n) is 22.3. The fraction of sp³-hybridized carbons (Fsp3) is 0.125. The Morgan fingerprint density at radius 2 is 0.952 bits per heavy atom. The molecule has 42 heavy (non-hydrogen) atoms. The van der Waals surface area contributed by atoms with Crippen molar-refractivity contribution < 1.29 is 0 Å². The molecule has 0 aliphatic heterocycles. The van der Waals surface area contributed by atoms with Crippen LogP contribution in [0.5, 0.6) is 0 Å². The largest absolute Gasteiger partial charge is 0.332 e. The van der Waals surface area contributed by atoms with Gasteiger partial charge >= 0.3 is 0 Å². The van der Waals surface area contributed by atoms with E-state index in [-0.39, 0.29) is 11.1 Å². The van der Waals surface area contributed by atoms with Crippen molar-refractivity contribution in [3.8, 4) is 0 Å². The molecule has 0 saturated heterocycles. The van der Waals surface area contributed by atoms with E-state index in [9.17, 15) is 9.59 Å². The number of hydrogen-bond acceptors (Lipinski definition) is 4. The number of H-pyrrole nitrogens is 2. The molecule has 10 heteroatoms. The molecule has 0 unspecified atom stereocenters. The zero-order chi connectivity index (χ0) is 29.6. The van der Waals surface area contributed by atoms with Crippen LogP contribution in [0.1, 0.15) is 11.1 Å². The predicted octanol–water partition coefficient (Wildman–Crippen LogP) is 7.91. The number of nitrogens with zero attached hydrogens (tertiary/aromatic N) is 2. The molecule has 0 saturated carbocycles. The first-order valence-corrected chi connectivity index (χ1v) is 14.8. The second-order valence-electron chi connectivity index (χ2n) is 9.62. The van der Waals surface area contributed by atoms with Crippen molar-refractivity contribution in [3.05, 3.63) is 148 Å². The summed E-state index contributed by atoms with van der Waals surface area (Å²) >= 11 is 22.5. The van der Waals surface area contributed by atoms with Crippen molar-refractivity contribution in [1.29, 1.82) is 0 Å². The average Bonchev–Trinajstić information content (AvgIpc) is 2.99. The van der Waals surface area contributed by atoms with Gasteiger partial charge in [-0.3, -0.25) is 18.7 Å². The van der Waals surface area contributed by atoms with E-state index in [2.05, 4.69) is 9.97 Å². The van der Waals surface area contributed by atoms with Crippen LogP contribution in [0.4, 0.5) is 0 Å². The third-order valence-electron chi connectivity index (χ3n) is 6.82. The molecule has 0 aliphatic rings. The second kappa shape index (κ2) is 13.4. The Bertz CT molecular complexity index is 1950. The highest BCUT2D eigenvalue weighted by Gasteiger charge is 2.08. The number of aromatic nitrogens is 4. The predicted molar refractivity (Wildman–Crippen MR) is 177 cm³/mol. The first-order valence-electron chi connectivity index (χ1n) is 13.2. The molecule has 0 amide bonds. The van der Waals surface area contributed by atoms with E-state index in [1.165, 1.54) is 11.1 Å². The SMILES string of the molecule is O=c1c2cc(Cl)ccc2[nH]c(=S)n1CCc1ccccc1.O=c1c2cc(Cl)ccc2[nH]c(=S)n1CCc1ccccc1. The molecule has 4 aromatic carbocycles. The lowest BCUT2D eigenvalue weighted by molar-refractivity contribution is 0.652. The molecule has 6 nitrogen and oxygen atoms in total. The summed E-state index contributed by atoms with van der Waals surface area (Å²) in [6.07, 6.45) is 1.51. The fourth-order valence-corrected chi connectivity index (χ4v) is 5.54. The van der Waals surface area contributed by atoms with E-state index in [0.29, 0.717) is 54.5 Å². The molecule has 0 bridgehead atoms. The lowest BCUT2D eigenvalue weighted by atomic mass is 10.1. The Balaban J connectivity index is 0.000000168. The highest BCUT2D eigenvalue weighted by atomic mass is 35.5. The van der Waals surface area contributed by atoms with Gasteiger partial charge in [-0.2, -0.15) is 0 Å². The highest BCUT2D eigenvalue weighted by Crippen LogP contribution is 2.16. The second-order valence-corrected chi connectivity index (χ2v) is 11.3. The minimum Gasteiger partial charge on any atom is -0.332 e. The van der Waals surface area contributed by atoms with Gasteiger partial charge < -0.3 is 9.97 Å². The van der Waals surface area contributed by atoms with Crippen LogP contribution in [-0.4, -0.2) is 19.1 Å². The van der Waals surface area contributed by atoms with Gasteiger partial charge in [0, 0.05) is 23.1 Å². The molecule has 2 heterocycles. The van der Waals surface area contributed by atoms with Gasteiger partial charge in [-0.05, 0) is 84.8 Å². The van der Waals surface area contributed by atoms with E-state index < -0.39 is 0 Å². The number of benzene rings is 4. The lowest BCUT2D eigenvalue weighted by Crippen LogP contribution is -2.23. The molecule has 6 rings (SSSR count). The fourth-order valence-electron chi connectivity index (χ4n) is 4.62. The number of rotatable bonds is 6. The quantitative estimate of drug-likeness (QED) is 0.183. The molecule has 2 N–H and O–H groups in total. The minimum absolute atomic E-state index is 0.104. The third kappa shape index (κ3) is 6.97. The van der Waals surface area contributed by atoms with Crippen molar-refractivity contribution in [2.45, 2.75) is 25.9 Å². The van der Waals surface area contributed by atoms with Crippen molar-refractivity contribution in [2.24, 2.45) is 0 Å². The van der Waals surface area contributed by atoms with E-state index in [1.54, 1.807) is 45.5 Å². The Labute approximate surface area is 261 Å². The summed E-state index contributed by atoms with van der Waals surface area (Å²) in [5, 5.41) is 2.20. The van der Waals surface area contributed by atoms with Crippen LogP contribution in [0.3, 0.4) is 0 Å². The number of nitrogens with one attached hydrogen (secondary N) is 2. The van der Waals surface area contributed by atoms with Crippen LogP contribution in [0, 0.1) is 9.54 Å². The van der Waals surface area contributed by atoms with Crippen molar-refractivity contribution in [3.63, 3.8) is 0 Å². The maximum atomic E-state index is 12.5. The average molecular weight is 634 g/mol. The third-order valence-corrected chi connectivity index (χ3v) is 7.94. The first kappa shape index (κ1) is 29.7. The summed E-state index contributed by atoms with van der Waals surface area (Å²) in [7, 11) is 0. The molecule has 0 atom stereocenters. The lowest BCUT2D eigenvalue weighted by Gasteiger charge is -2.08. The summed E-state index contributed by atoms with van der Waals surface area (Å²) in [5.74, 6) is 0. The van der Waals surface area contributed by atoms with E-state index >= 15 is 0 Å². The first-order chi connectivity index (χ1) is 20.3. The van der Waals surface area contributed by atoms with Gasteiger partial charge in [-0.25, -0.2) is 0 Å². The summed E-state index contributed by atoms with van der Waals surface area (Å²) in [6, 6.07) is 30.4. The van der Waals surface area contributed by atoms with Gasteiger partial charge in [0.25, 0.3) is 11.1 Å². The maximum Gasteiger partial charge on any atom is 0.262 e. The van der Waals surface area contributed by atoms with Gasteiger partial charge in [0.05, 0.1) is 21.8 Å². The van der Waals surface area contributed by atoms with Gasteiger partial charge in [0.15, 0.2) is 9.54 Å². The number of fused-ring (bicyclic) bond motifs is 2. The Kier molecular flexibility index (Phi) is 9.49. The maximum absolute atomic E-state index is 12.5. The molecular formula is C32H26Cl2N4O2S2. The van der Waals surface area contributed by atoms with Gasteiger partial charge in [0.1, 0.15) is 0 Å². The standard InChI is InChI=1S/2C16H13ClN2OS/c2*17-12-6-7-14-13(10-12)15(20)19(16(21)18-14)9-8-11-4-2-1-3-5-11/h2*1-7,10H,8-9H2,(H,18,21). The van der Waals surface area contributed by atoms with Crippen LogP contribution < -0.4 is 11.1 Å². The number of halogens is 2. The summed E-state index contributed by atoms with van der Waals surface area (Å²) < 4.78 is 4.04. The van der Waals surface area contributed by atoms with Gasteiger partial charge in [0.2, 0.25) is 0 Å². The Morgan fingerprint density at radius 1 is 0.571 bits per heavy atom. The molecule has 212 valence electrons. The number of aryl methyl sites for hydroxylation is 2. The summed E-state index contributed by atoms with van der Waals surface area (Å²) in [5.41, 5.74) is 3.56. The molecule has 0 aliphatic carbocycles. The van der Waals surface area contributed by atoms with Crippen molar-refractivity contribution in [2.75, 3.05) is 0 Å². The van der Waals surface area contributed by atoms with E-state index in [1.807, 2.05) is 60.7 Å². The Hall–Kier alpha value is -3.82. The number of aromatic amines is 2. The molecule has 2 aromatic heterocycles. The Morgan fingerprint density at radius 3 is 1.33 bits per heavy atom. The highest BCUT2D eigenvalue weighted by molar-refractivity contribution is 7.71. The molecule has 0 fully saturated rings. The van der Waals surface area contributed by atoms with E-state index in [0.717, 1.165) is 12.8 Å². The normalized spacial score (nSPS) is 10.9. The van der Waals surface area contributed by atoms with E-state index in [4.69, 9.17) is 47.6 Å². The smallest absolute Gasteiger partial charge is 0.262 e. The zero-order valence-corrected chi connectivity index (χ0v) is 25.5. The van der Waals surface area contributed by atoms with Crippen molar-refractivity contribution in [1.82, 2.24) is 19.1 Å². The van der Waals surface area contributed by atoms with Gasteiger partial charge in [-0.1, -0.05) is 83.9 Å². The van der Waals surface area contributed by atoms with Crippen LogP contribution in [0.15, 0.2) is 107 Å². The van der Waals surface area contributed by atoms with Crippen LogP contribution in [-0.2, 0) is 25.9 Å². The van der Waals surface area contributed by atoms with Crippen LogP contribution in [0.2, 0.25) is 10.0 Å². The molecule has 0 spiro atoms. The van der Waals surface area contributed by atoms with Gasteiger partial charge in [-0.15, -0.1) is 0 Å². The number of hydrogen-bond donors (Lipinski definition) is 2. The molecule has 6 aromatic rings. The molecule has 0 radical (unpaired) electrons. The van der Waals surface area contributed by atoms with Crippen LogP contribution >= 0.6 is 47.6 Å². The monoisotopic (exact) mass is 632 g/mol. The topological polar surface area (TPSA) is 75.6 Å². The van der Waals surface area contributed by atoms with Crippen LogP contribution in [0.25, 0.3) is 21.8 Å². The summed E-state index contributed by atoms with van der Waals surface area (Å²) in [6.45, 7) is 1.08. The molecular weight excluding hydrogens is 607 g/mol. The summed E-state index contributed by atoms with van der Waals surface area (Å²) in [4.78, 5) is 31.2. The van der Waals surface area contributed by atoms with Crippen molar-refractivity contribution >= 4 is 69.4 Å².